The fourth-order valence-corrected chi connectivity index (χ4v) is 4.04. The Hall–Kier alpha value is -2.73. The van der Waals surface area contributed by atoms with Gasteiger partial charge in [-0.05, 0) is 36.8 Å². The molecule has 0 spiro atoms. The standard InChI is InChI=1S/C19H15FN2O2S/c1-11-10-22-17(12-6-8-13(9-7-12)19(23)24)21-16(18(22)25-11)14-4-2-3-5-15(14)20/h2-10,17,21H,1H3,(H,23,24). The highest BCUT2D eigenvalue weighted by atomic mass is 32.2. The van der Waals surface area contributed by atoms with Gasteiger partial charge in [0.05, 0.1) is 11.3 Å². The van der Waals surface area contributed by atoms with Crippen LogP contribution in [-0.2, 0) is 0 Å². The van der Waals surface area contributed by atoms with Gasteiger partial charge in [-0.3, -0.25) is 0 Å². The van der Waals surface area contributed by atoms with Crippen molar-refractivity contribution in [1.82, 2.24) is 10.2 Å². The minimum Gasteiger partial charge on any atom is -0.478 e. The maximum Gasteiger partial charge on any atom is 0.335 e. The van der Waals surface area contributed by atoms with Crippen LogP contribution in [0, 0.1) is 5.82 Å². The zero-order valence-corrected chi connectivity index (χ0v) is 14.2. The molecular weight excluding hydrogens is 339 g/mol. The highest BCUT2D eigenvalue weighted by Gasteiger charge is 2.36. The van der Waals surface area contributed by atoms with E-state index in [0.29, 0.717) is 5.56 Å². The SMILES string of the molecule is CC1=CN2C(=C(c3ccccc3F)NC2c2ccc(C(=O)O)cc2)S1. The summed E-state index contributed by atoms with van der Waals surface area (Å²) in [4.78, 5) is 14.2. The number of hydrogen-bond acceptors (Lipinski definition) is 4. The number of nitrogens with zero attached hydrogens (tertiary/aromatic N) is 1. The minimum atomic E-state index is -0.954. The second-order valence-electron chi connectivity index (χ2n) is 5.88. The first-order chi connectivity index (χ1) is 12.0. The zero-order valence-electron chi connectivity index (χ0n) is 13.4. The fraction of sp³-hybridized carbons (Fsp3) is 0.105. The van der Waals surface area contributed by atoms with Crippen molar-refractivity contribution in [2.24, 2.45) is 0 Å². The molecule has 0 aromatic heterocycles. The van der Waals surface area contributed by atoms with Crippen LogP contribution in [0.4, 0.5) is 4.39 Å². The number of benzene rings is 2. The van der Waals surface area contributed by atoms with Crippen LogP contribution >= 0.6 is 11.8 Å². The normalized spacial score (nSPS) is 18.9. The molecule has 0 saturated heterocycles. The summed E-state index contributed by atoms with van der Waals surface area (Å²) in [5.74, 6) is -1.23. The van der Waals surface area contributed by atoms with E-state index in [1.54, 1.807) is 48.2 Å². The van der Waals surface area contributed by atoms with Gasteiger partial charge in [0.1, 0.15) is 17.0 Å². The van der Waals surface area contributed by atoms with E-state index in [4.69, 9.17) is 5.11 Å². The average molecular weight is 354 g/mol. The molecule has 2 N–H and O–H groups in total. The molecule has 1 atom stereocenters. The highest BCUT2D eigenvalue weighted by Crippen LogP contribution is 2.48. The summed E-state index contributed by atoms with van der Waals surface area (Å²) in [7, 11) is 0. The molecule has 0 fully saturated rings. The molecular formula is C19H15FN2O2S. The van der Waals surface area contributed by atoms with Crippen LogP contribution in [0.1, 0.15) is 34.6 Å². The van der Waals surface area contributed by atoms with E-state index in [9.17, 15) is 9.18 Å². The molecule has 0 saturated carbocycles. The van der Waals surface area contributed by atoms with E-state index in [-0.39, 0.29) is 17.5 Å². The molecule has 2 aromatic rings. The van der Waals surface area contributed by atoms with Crippen LogP contribution in [0.5, 0.6) is 0 Å². The first-order valence-electron chi connectivity index (χ1n) is 7.78. The Morgan fingerprint density at radius 1 is 1.20 bits per heavy atom. The Bertz CT molecular complexity index is 921. The van der Waals surface area contributed by atoms with E-state index in [1.807, 2.05) is 19.2 Å². The number of hydrogen-bond donors (Lipinski definition) is 2. The molecule has 0 radical (unpaired) electrons. The van der Waals surface area contributed by atoms with Crippen molar-refractivity contribution in [3.63, 3.8) is 0 Å². The number of rotatable bonds is 3. The molecule has 2 aromatic carbocycles. The Kier molecular flexibility index (Phi) is 3.77. The van der Waals surface area contributed by atoms with Crippen LogP contribution < -0.4 is 5.32 Å². The summed E-state index contributed by atoms with van der Waals surface area (Å²) in [5, 5.41) is 13.4. The summed E-state index contributed by atoms with van der Waals surface area (Å²) in [5.41, 5.74) is 2.44. The molecule has 6 heteroatoms. The number of fused-ring (bicyclic) bond motifs is 1. The van der Waals surface area contributed by atoms with Crippen LogP contribution in [0.2, 0.25) is 0 Å². The molecule has 4 rings (SSSR count). The summed E-state index contributed by atoms with van der Waals surface area (Å²) < 4.78 is 14.3. The third-order valence-corrected chi connectivity index (χ3v) is 5.24. The van der Waals surface area contributed by atoms with Crippen molar-refractivity contribution in [2.45, 2.75) is 13.1 Å². The number of nitrogens with one attached hydrogen (secondary N) is 1. The van der Waals surface area contributed by atoms with Gasteiger partial charge in [0.2, 0.25) is 0 Å². The maximum absolute atomic E-state index is 14.3. The summed E-state index contributed by atoms with van der Waals surface area (Å²) >= 11 is 1.60. The van der Waals surface area contributed by atoms with E-state index in [1.165, 1.54) is 6.07 Å². The average Bonchev–Trinajstić information content (AvgIpc) is 3.13. The molecule has 25 heavy (non-hydrogen) atoms. The van der Waals surface area contributed by atoms with Crippen LogP contribution in [0.3, 0.4) is 0 Å². The molecule has 2 heterocycles. The number of halogens is 1. The number of carboxylic acid groups (broad SMARTS) is 1. The van der Waals surface area contributed by atoms with Crippen molar-refractivity contribution in [1.29, 1.82) is 0 Å². The first kappa shape index (κ1) is 15.8. The van der Waals surface area contributed by atoms with Crippen molar-refractivity contribution >= 4 is 23.4 Å². The molecule has 2 aliphatic rings. The lowest BCUT2D eigenvalue weighted by Gasteiger charge is -2.22. The maximum atomic E-state index is 14.3. The third-order valence-electron chi connectivity index (χ3n) is 4.20. The van der Waals surface area contributed by atoms with E-state index in [0.717, 1.165) is 21.2 Å². The van der Waals surface area contributed by atoms with Crippen LogP contribution in [0.15, 0.2) is 64.7 Å². The Balaban J connectivity index is 1.73. The third kappa shape index (κ3) is 2.68. The van der Waals surface area contributed by atoms with E-state index < -0.39 is 5.97 Å². The lowest BCUT2D eigenvalue weighted by molar-refractivity contribution is 0.0697. The lowest BCUT2D eigenvalue weighted by atomic mass is 10.1. The topological polar surface area (TPSA) is 52.6 Å². The van der Waals surface area contributed by atoms with Crippen LogP contribution in [0.25, 0.3) is 5.70 Å². The smallest absolute Gasteiger partial charge is 0.335 e. The summed E-state index contributed by atoms with van der Waals surface area (Å²) in [6.07, 6.45) is 1.83. The van der Waals surface area contributed by atoms with E-state index >= 15 is 0 Å². The molecule has 2 aliphatic heterocycles. The lowest BCUT2D eigenvalue weighted by Crippen LogP contribution is -2.24. The molecule has 126 valence electrons. The fourth-order valence-electron chi connectivity index (χ4n) is 3.03. The Morgan fingerprint density at radius 2 is 1.92 bits per heavy atom. The summed E-state index contributed by atoms with van der Waals surface area (Å²) in [6.45, 7) is 2.01. The molecule has 0 aliphatic carbocycles. The monoisotopic (exact) mass is 354 g/mol. The van der Waals surface area contributed by atoms with Gasteiger partial charge in [-0.2, -0.15) is 0 Å². The van der Waals surface area contributed by atoms with Gasteiger partial charge in [-0.15, -0.1) is 0 Å². The zero-order chi connectivity index (χ0) is 17.6. The molecule has 0 amide bonds. The van der Waals surface area contributed by atoms with Crippen molar-refractivity contribution in [3.8, 4) is 0 Å². The van der Waals surface area contributed by atoms with Gasteiger partial charge < -0.3 is 15.3 Å². The van der Waals surface area contributed by atoms with Crippen LogP contribution in [-0.4, -0.2) is 16.0 Å². The second kappa shape index (κ2) is 5.97. The van der Waals surface area contributed by atoms with Gasteiger partial charge in [-0.25, -0.2) is 9.18 Å². The van der Waals surface area contributed by atoms with E-state index in [2.05, 4.69) is 10.2 Å². The summed E-state index contributed by atoms with van der Waals surface area (Å²) in [6, 6.07) is 13.4. The predicted octanol–water partition coefficient (Wildman–Crippen LogP) is 4.36. The highest BCUT2D eigenvalue weighted by molar-refractivity contribution is 8.07. The number of carboxylic acids is 1. The number of allylic oxidation sites excluding steroid dienone is 1. The largest absolute Gasteiger partial charge is 0.478 e. The van der Waals surface area contributed by atoms with Gasteiger partial charge >= 0.3 is 5.97 Å². The van der Waals surface area contributed by atoms with Gasteiger partial charge in [0.25, 0.3) is 0 Å². The van der Waals surface area contributed by atoms with Crippen molar-refractivity contribution in [3.05, 3.63) is 87.2 Å². The predicted molar refractivity (Wildman–Crippen MR) is 95.8 cm³/mol. The van der Waals surface area contributed by atoms with Gasteiger partial charge in [-0.1, -0.05) is 36.0 Å². The molecule has 0 bridgehead atoms. The quantitative estimate of drug-likeness (QED) is 0.858. The van der Waals surface area contributed by atoms with Gasteiger partial charge in [0.15, 0.2) is 0 Å². The number of thioether (sulfide) groups is 1. The molecule has 1 unspecified atom stereocenters. The second-order valence-corrected chi connectivity index (χ2v) is 7.12. The first-order valence-corrected chi connectivity index (χ1v) is 8.60. The number of carbonyl (C=O) groups is 1. The Labute approximate surface area is 148 Å². The minimum absolute atomic E-state index is 0.197. The van der Waals surface area contributed by atoms with Gasteiger partial charge in [0, 0.05) is 16.7 Å². The molecule has 4 nitrogen and oxygen atoms in total. The number of aromatic carboxylic acids is 1. The Morgan fingerprint density at radius 3 is 2.60 bits per heavy atom. The van der Waals surface area contributed by atoms with Crippen molar-refractivity contribution < 1.29 is 14.3 Å². The van der Waals surface area contributed by atoms with Crippen molar-refractivity contribution in [2.75, 3.05) is 0 Å².